The van der Waals surface area contributed by atoms with Gasteiger partial charge >= 0.3 is 0 Å². The third-order valence-corrected chi connectivity index (χ3v) is 13.1. The molecule has 0 saturated heterocycles. The Morgan fingerprint density at radius 3 is 2.38 bits per heavy atom. The highest BCUT2D eigenvalue weighted by molar-refractivity contribution is 5.92. The number of amidine groups is 1. The maximum absolute atomic E-state index is 14.4. The van der Waals surface area contributed by atoms with E-state index in [4.69, 9.17) is 4.99 Å². The number of rotatable bonds is 3. The Bertz CT molecular complexity index is 961. The molecule has 190 valence electrons. The summed E-state index contributed by atoms with van der Waals surface area (Å²) in [5.41, 5.74) is -0.139. The molecule has 0 aromatic heterocycles. The summed E-state index contributed by atoms with van der Waals surface area (Å²) in [5, 5.41) is 15.4. The van der Waals surface area contributed by atoms with Crippen molar-refractivity contribution in [1.82, 2.24) is 10.2 Å². The second kappa shape index (κ2) is 6.68. The number of hydrogen-bond acceptors (Lipinski definition) is 5. The molecule has 5 heteroatoms. The van der Waals surface area contributed by atoms with Crippen LogP contribution in [0.1, 0.15) is 86.5 Å². The van der Waals surface area contributed by atoms with Gasteiger partial charge in [-0.25, -0.2) is 0 Å². The van der Waals surface area contributed by atoms with Gasteiger partial charge in [0.25, 0.3) is 0 Å². The largest absolute Gasteiger partial charge is 0.393 e. The molecule has 1 aliphatic heterocycles. The second-order valence-electron chi connectivity index (χ2n) is 14.6. The maximum Gasteiger partial charge on any atom is 0.140 e. The Hall–Kier alpha value is -0.940. The number of aliphatic hydroxyl groups is 1. The molecular weight excluding hydrogens is 422 g/mol. The predicted octanol–water partition coefficient (Wildman–Crippen LogP) is 4.28. The molecule has 34 heavy (non-hydrogen) atoms. The van der Waals surface area contributed by atoms with E-state index in [0.29, 0.717) is 36.0 Å². The SMILES string of the molecule is CC(C)C1=N[C@H]2CC[C@]34C[C@@]35C(=O)C[C@]3(C)[C@@H]([C@H](C)N(C)C)[C@H](O)C[C@@]3(C)[C@@H]5CC[C@H]4[C@]2(C)N1. The first kappa shape index (κ1) is 23.5. The molecule has 0 aromatic carbocycles. The molecule has 11 atom stereocenters. The van der Waals surface area contributed by atoms with Crippen molar-refractivity contribution in [3.8, 4) is 0 Å². The lowest BCUT2D eigenvalue weighted by Crippen LogP contribution is -2.65. The lowest BCUT2D eigenvalue weighted by atomic mass is 9.42. The van der Waals surface area contributed by atoms with Crippen molar-refractivity contribution in [3.63, 3.8) is 0 Å². The summed E-state index contributed by atoms with van der Waals surface area (Å²) in [7, 11) is 4.23. The van der Waals surface area contributed by atoms with E-state index in [1.807, 2.05) is 0 Å². The van der Waals surface area contributed by atoms with Crippen LogP contribution in [0.25, 0.3) is 0 Å². The first-order valence-electron chi connectivity index (χ1n) is 14.0. The van der Waals surface area contributed by atoms with Gasteiger partial charge in [0, 0.05) is 29.7 Å². The molecule has 0 radical (unpaired) electrons. The zero-order valence-corrected chi connectivity index (χ0v) is 22.7. The van der Waals surface area contributed by atoms with Crippen LogP contribution in [0.3, 0.4) is 0 Å². The van der Waals surface area contributed by atoms with Gasteiger partial charge in [-0.05, 0) is 94.5 Å². The van der Waals surface area contributed by atoms with E-state index in [-0.39, 0.29) is 45.3 Å². The van der Waals surface area contributed by atoms with Gasteiger partial charge in [-0.3, -0.25) is 9.79 Å². The van der Waals surface area contributed by atoms with E-state index in [1.165, 1.54) is 12.3 Å². The maximum atomic E-state index is 14.4. The molecule has 6 rings (SSSR count). The number of carbonyl (C=O) groups excluding carboxylic acids is 1. The van der Waals surface area contributed by atoms with Crippen LogP contribution in [-0.2, 0) is 4.79 Å². The minimum atomic E-state index is -0.325. The number of fused-ring (bicyclic) bond motifs is 4. The van der Waals surface area contributed by atoms with Crippen LogP contribution in [0.15, 0.2) is 4.99 Å². The molecule has 5 nitrogen and oxygen atoms in total. The summed E-state index contributed by atoms with van der Waals surface area (Å²) in [4.78, 5) is 21.8. The highest BCUT2D eigenvalue weighted by Gasteiger charge is 2.86. The van der Waals surface area contributed by atoms with E-state index in [1.54, 1.807) is 0 Å². The van der Waals surface area contributed by atoms with Gasteiger partial charge in [-0.15, -0.1) is 0 Å². The zero-order chi connectivity index (χ0) is 24.6. The molecule has 0 aromatic rings. The molecule has 0 bridgehead atoms. The number of nitrogens with one attached hydrogen (secondary N) is 1. The monoisotopic (exact) mass is 469 g/mol. The summed E-state index contributed by atoms with van der Waals surface area (Å²) in [6.45, 7) is 14.0. The highest BCUT2D eigenvalue weighted by Crippen LogP contribution is 2.87. The van der Waals surface area contributed by atoms with Gasteiger partial charge in [0.05, 0.1) is 23.5 Å². The molecule has 1 heterocycles. The highest BCUT2D eigenvalue weighted by atomic mass is 16.3. The van der Waals surface area contributed by atoms with E-state index in [2.05, 4.69) is 65.9 Å². The molecule has 5 aliphatic carbocycles. The predicted molar refractivity (Wildman–Crippen MR) is 136 cm³/mol. The Kier molecular flexibility index (Phi) is 4.61. The summed E-state index contributed by atoms with van der Waals surface area (Å²) in [5.74, 6) is 3.22. The third-order valence-electron chi connectivity index (χ3n) is 13.1. The Morgan fingerprint density at radius 1 is 1.06 bits per heavy atom. The van der Waals surface area contributed by atoms with Crippen molar-refractivity contribution in [3.05, 3.63) is 0 Å². The number of ketones is 1. The Morgan fingerprint density at radius 2 is 1.74 bits per heavy atom. The lowest BCUT2D eigenvalue weighted by molar-refractivity contribution is -0.166. The summed E-state index contributed by atoms with van der Waals surface area (Å²) in [6.07, 6.45) is 6.84. The second-order valence-corrected chi connectivity index (χ2v) is 14.6. The number of aliphatic imine (C=N–C) groups is 1. The molecule has 0 unspecified atom stereocenters. The average Bonchev–Trinajstić information content (AvgIpc) is 3.23. The fourth-order valence-corrected chi connectivity index (χ4v) is 11.2. The van der Waals surface area contributed by atoms with Gasteiger partial charge in [-0.1, -0.05) is 27.7 Å². The fraction of sp³-hybridized carbons (Fsp3) is 0.931. The first-order chi connectivity index (χ1) is 15.8. The van der Waals surface area contributed by atoms with Crippen LogP contribution in [-0.4, -0.2) is 59.4 Å². The molecule has 5 fully saturated rings. The van der Waals surface area contributed by atoms with Crippen LogP contribution in [0.4, 0.5) is 0 Å². The first-order valence-corrected chi connectivity index (χ1v) is 14.0. The van der Waals surface area contributed by atoms with Gasteiger partial charge in [0.1, 0.15) is 5.78 Å². The van der Waals surface area contributed by atoms with Crippen LogP contribution < -0.4 is 5.32 Å². The van der Waals surface area contributed by atoms with Crippen LogP contribution in [0, 0.1) is 45.3 Å². The molecule has 0 amide bonds. The molecule has 2 N–H and O–H groups in total. The van der Waals surface area contributed by atoms with Gasteiger partial charge < -0.3 is 15.3 Å². The van der Waals surface area contributed by atoms with E-state index >= 15 is 0 Å². The van der Waals surface area contributed by atoms with Crippen molar-refractivity contribution < 1.29 is 9.90 Å². The van der Waals surface area contributed by atoms with Crippen LogP contribution in [0.5, 0.6) is 0 Å². The van der Waals surface area contributed by atoms with E-state index in [9.17, 15) is 9.90 Å². The van der Waals surface area contributed by atoms with Crippen molar-refractivity contribution >= 4 is 11.6 Å². The lowest BCUT2D eigenvalue weighted by Gasteiger charge is -2.62. The average molecular weight is 470 g/mol. The molecule has 5 saturated carbocycles. The fourth-order valence-electron chi connectivity index (χ4n) is 11.2. The van der Waals surface area contributed by atoms with Crippen molar-refractivity contribution in [2.45, 2.75) is 110 Å². The van der Waals surface area contributed by atoms with Gasteiger partial charge in [-0.2, -0.15) is 0 Å². The van der Waals surface area contributed by atoms with Gasteiger partial charge in [0.2, 0.25) is 0 Å². The number of nitrogens with zero attached hydrogens (tertiary/aromatic N) is 2. The standard InChI is InChI=1S/C29H47N3O2/c1-16(2)24-30-21-11-12-28-15-29(28)19(9-10-20(28)27(21,6)31-24)25(4)13-18(33)23(17(3)32(7)8)26(25,5)14-22(29)34/h16-21,23,33H,9-15H2,1-8H3,(H,30,31)/t17-,18+,19-,20-,21-,23-,25-,26+,27-,28+,29+/m0/s1. The quantitative estimate of drug-likeness (QED) is 0.647. The number of hydrogen-bond donors (Lipinski definition) is 2. The van der Waals surface area contributed by atoms with Gasteiger partial charge in [0.15, 0.2) is 0 Å². The smallest absolute Gasteiger partial charge is 0.140 e. The number of aliphatic hydroxyl groups excluding tert-OH is 1. The summed E-state index contributed by atoms with van der Waals surface area (Å²) < 4.78 is 0. The van der Waals surface area contributed by atoms with Crippen LogP contribution >= 0.6 is 0 Å². The minimum absolute atomic E-state index is 0.00851. The molecule has 2 spiro atoms. The van der Waals surface area contributed by atoms with Crippen molar-refractivity contribution in [2.75, 3.05) is 14.1 Å². The molecule has 6 aliphatic rings. The minimum Gasteiger partial charge on any atom is -0.393 e. The van der Waals surface area contributed by atoms with Crippen molar-refractivity contribution in [2.24, 2.45) is 50.3 Å². The Balaban J connectivity index is 1.39. The normalized spacial score (nSPS) is 56.1. The third kappa shape index (κ3) is 2.36. The topological polar surface area (TPSA) is 64.9 Å². The number of Topliss-reactive ketones (excluding diaryl/α,β-unsaturated/α-hetero) is 1. The summed E-state index contributed by atoms with van der Waals surface area (Å²) in [6, 6.07) is 0.615. The summed E-state index contributed by atoms with van der Waals surface area (Å²) >= 11 is 0. The van der Waals surface area contributed by atoms with E-state index < -0.39 is 0 Å². The van der Waals surface area contributed by atoms with E-state index in [0.717, 1.165) is 32.1 Å². The Labute approximate surface area is 206 Å². The molecular formula is C29H47N3O2. The van der Waals surface area contributed by atoms with Crippen LogP contribution in [0.2, 0.25) is 0 Å². The number of carbonyl (C=O) groups is 1. The van der Waals surface area contributed by atoms with Crippen molar-refractivity contribution in [1.29, 1.82) is 0 Å². The zero-order valence-electron chi connectivity index (χ0n) is 22.7.